The number of amides is 1. The average molecular weight is 358 g/mol. The van der Waals surface area contributed by atoms with Crippen molar-refractivity contribution >= 4 is 5.91 Å². The van der Waals surface area contributed by atoms with Gasteiger partial charge in [0.25, 0.3) is 5.91 Å². The molecule has 0 saturated heterocycles. The van der Waals surface area contributed by atoms with E-state index in [-0.39, 0.29) is 23.8 Å². The Morgan fingerprint density at radius 2 is 1.81 bits per heavy atom. The van der Waals surface area contributed by atoms with E-state index in [2.05, 4.69) is 5.32 Å². The fourth-order valence-electron chi connectivity index (χ4n) is 3.44. The molecule has 0 bridgehead atoms. The first-order valence-electron chi connectivity index (χ1n) is 8.58. The lowest BCUT2D eigenvalue weighted by Gasteiger charge is -2.29. The standard InChI is InChI=1S/C20H23FN2O3/c1-23(2)18-16(22-20(25)13-8-10-14(21)11-9-13)12-17(19(18)24)26-15-6-4-3-5-7-15/h3-11,16-19,24H,12H2,1-2H3,(H,22,25)/t16-,17-,18+,19+/m1/s1. The van der Waals surface area contributed by atoms with Crippen LogP contribution >= 0.6 is 0 Å². The van der Waals surface area contributed by atoms with Crippen LogP contribution in [-0.4, -0.2) is 54.3 Å². The van der Waals surface area contributed by atoms with E-state index in [1.807, 2.05) is 49.3 Å². The SMILES string of the molecule is CN(C)[C@@H]1[C@@H](O)[C@H](Oc2ccccc2)C[C@H]1NC(=O)c1ccc(F)cc1. The molecule has 0 aromatic heterocycles. The summed E-state index contributed by atoms with van der Waals surface area (Å²) in [5.41, 5.74) is 0.380. The van der Waals surface area contributed by atoms with E-state index >= 15 is 0 Å². The molecule has 0 unspecified atom stereocenters. The number of rotatable bonds is 5. The van der Waals surface area contributed by atoms with Crippen LogP contribution in [0.3, 0.4) is 0 Å². The molecule has 2 N–H and O–H groups in total. The normalized spacial score (nSPS) is 25.3. The van der Waals surface area contributed by atoms with E-state index in [0.29, 0.717) is 17.7 Å². The second kappa shape index (κ2) is 7.85. The van der Waals surface area contributed by atoms with Crippen molar-refractivity contribution in [2.75, 3.05) is 14.1 Å². The summed E-state index contributed by atoms with van der Waals surface area (Å²) in [4.78, 5) is 14.4. The number of ether oxygens (including phenoxy) is 1. The molecule has 2 aromatic rings. The van der Waals surface area contributed by atoms with E-state index < -0.39 is 12.2 Å². The van der Waals surface area contributed by atoms with Gasteiger partial charge in [-0.15, -0.1) is 0 Å². The molecule has 0 radical (unpaired) electrons. The van der Waals surface area contributed by atoms with Crippen molar-refractivity contribution in [1.29, 1.82) is 0 Å². The highest BCUT2D eigenvalue weighted by Gasteiger charge is 2.45. The molecule has 138 valence electrons. The molecule has 4 atom stereocenters. The zero-order valence-corrected chi connectivity index (χ0v) is 14.8. The maximum absolute atomic E-state index is 13.0. The first-order valence-corrected chi connectivity index (χ1v) is 8.58. The highest BCUT2D eigenvalue weighted by atomic mass is 19.1. The molecule has 5 nitrogen and oxygen atoms in total. The van der Waals surface area contributed by atoms with Crippen molar-refractivity contribution in [2.45, 2.75) is 30.7 Å². The van der Waals surface area contributed by atoms with Gasteiger partial charge < -0.3 is 20.1 Å². The molecule has 1 aliphatic carbocycles. The number of hydrogen-bond acceptors (Lipinski definition) is 4. The molecular formula is C20H23FN2O3. The molecule has 0 spiro atoms. The van der Waals surface area contributed by atoms with Crippen molar-refractivity contribution in [2.24, 2.45) is 0 Å². The lowest BCUT2D eigenvalue weighted by atomic mass is 10.1. The van der Waals surface area contributed by atoms with E-state index in [4.69, 9.17) is 4.74 Å². The lowest BCUT2D eigenvalue weighted by Crippen LogP contribution is -2.50. The maximum Gasteiger partial charge on any atom is 0.251 e. The summed E-state index contributed by atoms with van der Waals surface area (Å²) in [6.07, 6.45) is -0.696. The molecule has 6 heteroatoms. The second-order valence-corrected chi connectivity index (χ2v) is 6.74. The third-order valence-electron chi connectivity index (χ3n) is 4.68. The van der Waals surface area contributed by atoms with Crippen molar-refractivity contribution in [3.63, 3.8) is 0 Å². The molecule has 1 aliphatic rings. The summed E-state index contributed by atoms with van der Waals surface area (Å²) in [6, 6.07) is 14.1. The number of aliphatic hydroxyl groups excluding tert-OH is 1. The zero-order valence-electron chi connectivity index (χ0n) is 14.8. The van der Waals surface area contributed by atoms with Gasteiger partial charge in [-0.1, -0.05) is 18.2 Å². The number of halogens is 1. The number of carbonyl (C=O) groups excluding carboxylic acids is 1. The summed E-state index contributed by atoms with van der Waals surface area (Å²) >= 11 is 0. The van der Waals surface area contributed by atoms with Crippen LogP contribution in [-0.2, 0) is 0 Å². The fraction of sp³-hybridized carbons (Fsp3) is 0.350. The summed E-state index contributed by atoms with van der Waals surface area (Å²) in [6.45, 7) is 0. The van der Waals surface area contributed by atoms with E-state index in [9.17, 15) is 14.3 Å². The number of benzene rings is 2. The van der Waals surface area contributed by atoms with Gasteiger partial charge in [0.1, 0.15) is 23.8 Å². The van der Waals surface area contributed by atoms with Gasteiger partial charge in [-0.2, -0.15) is 0 Å². The predicted octanol–water partition coefficient (Wildman–Crippen LogP) is 2.07. The molecule has 1 fully saturated rings. The van der Waals surface area contributed by atoms with Gasteiger partial charge in [-0.05, 0) is 50.5 Å². The van der Waals surface area contributed by atoms with Gasteiger partial charge >= 0.3 is 0 Å². The molecule has 2 aromatic carbocycles. The van der Waals surface area contributed by atoms with Gasteiger partial charge in [0, 0.05) is 12.0 Å². The molecule has 1 saturated carbocycles. The summed E-state index contributed by atoms with van der Waals surface area (Å²) in [5, 5.41) is 13.7. The molecular weight excluding hydrogens is 335 g/mol. The minimum absolute atomic E-state index is 0.284. The Kier molecular flexibility index (Phi) is 5.54. The Balaban J connectivity index is 1.72. The maximum atomic E-state index is 13.0. The van der Waals surface area contributed by atoms with E-state index in [1.165, 1.54) is 24.3 Å². The Morgan fingerprint density at radius 1 is 1.15 bits per heavy atom. The second-order valence-electron chi connectivity index (χ2n) is 6.74. The summed E-state index contributed by atoms with van der Waals surface area (Å²) in [5.74, 6) is -0.00527. The lowest BCUT2D eigenvalue weighted by molar-refractivity contribution is 0.0210. The first kappa shape index (κ1) is 18.4. The summed E-state index contributed by atoms with van der Waals surface area (Å²) in [7, 11) is 3.71. The molecule has 0 heterocycles. The Bertz CT molecular complexity index is 736. The van der Waals surface area contributed by atoms with Crippen molar-refractivity contribution in [1.82, 2.24) is 10.2 Å². The molecule has 26 heavy (non-hydrogen) atoms. The number of nitrogens with zero attached hydrogens (tertiary/aromatic N) is 1. The van der Waals surface area contributed by atoms with Crippen LogP contribution in [0.25, 0.3) is 0 Å². The number of carbonyl (C=O) groups is 1. The minimum atomic E-state index is -0.747. The Hall–Kier alpha value is -2.44. The van der Waals surface area contributed by atoms with Gasteiger partial charge in [0.15, 0.2) is 0 Å². The van der Waals surface area contributed by atoms with Crippen LogP contribution in [0, 0.1) is 5.82 Å². The van der Waals surface area contributed by atoms with Crippen LogP contribution < -0.4 is 10.1 Å². The highest BCUT2D eigenvalue weighted by Crippen LogP contribution is 2.28. The van der Waals surface area contributed by atoms with Crippen molar-refractivity contribution in [3.05, 3.63) is 66.0 Å². The van der Waals surface area contributed by atoms with Crippen molar-refractivity contribution < 1.29 is 19.0 Å². The van der Waals surface area contributed by atoms with Gasteiger partial charge in [-0.25, -0.2) is 4.39 Å². The van der Waals surface area contributed by atoms with E-state index in [0.717, 1.165) is 0 Å². The monoisotopic (exact) mass is 358 g/mol. The smallest absolute Gasteiger partial charge is 0.251 e. The van der Waals surface area contributed by atoms with Crippen LogP contribution in [0.4, 0.5) is 4.39 Å². The van der Waals surface area contributed by atoms with Gasteiger partial charge in [-0.3, -0.25) is 4.79 Å². The van der Waals surface area contributed by atoms with E-state index in [1.54, 1.807) is 0 Å². The zero-order chi connectivity index (χ0) is 18.7. The largest absolute Gasteiger partial charge is 0.488 e. The average Bonchev–Trinajstić information content (AvgIpc) is 2.91. The first-order chi connectivity index (χ1) is 12.5. The number of para-hydroxylation sites is 1. The fourth-order valence-corrected chi connectivity index (χ4v) is 3.44. The third kappa shape index (κ3) is 4.03. The molecule has 3 rings (SSSR count). The quantitative estimate of drug-likeness (QED) is 0.859. The van der Waals surface area contributed by atoms with Gasteiger partial charge in [0.05, 0.1) is 12.1 Å². The predicted molar refractivity (Wildman–Crippen MR) is 96.6 cm³/mol. The topological polar surface area (TPSA) is 61.8 Å². The van der Waals surface area contributed by atoms with Crippen LogP contribution in [0.2, 0.25) is 0 Å². The highest BCUT2D eigenvalue weighted by molar-refractivity contribution is 5.94. The van der Waals surface area contributed by atoms with Gasteiger partial charge in [0.2, 0.25) is 0 Å². The van der Waals surface area contributed by atoms with Crippen LogP contribution in [0.5, 0.6) is 5.75 Å². The molecule has 0 aliphatic heterocycles. The number of nitrogens with one attached hydrogen (secondary N) is 1. The number of aliphatic hydroxyl groups is 1. The number of hydrogen-bond donors (Lipinski definition) is 2. The third-order valence-corrected chi connectivity index (χ3v) is 4.68. The number of likely N-dealkylation sites (N-methyl/N-ethyl adjacent to an activating group) is 1. The van der Waals surface area contributed by atoms with Crippen LogP contribution in [0.1, 0.15) is 16.8 Å². The van der Waals surface area contributed by atoms with Crippen molar-refractivity contribution in [3.8, 4) is 5.75 Å². The summed E-state index contributed by atoms with van der Waals surface area (Å²) < 4.78 is 19.0. The van der Waals surface area contributed by atoms with Crippen LogP contribution in [0.15, 0.2) is 54.6 Å². The molecule has 1 amide bonds. The Labute approximate surface area is 152 Å². The Morgan fingerprint density at radius 3 is 2.42 bits per heavy atom. The minimum Gasteiger partial charge on any atom is -0.488 e.